The van der Waals surface area contributed by atoms with Crippen molar-refractivity contribution in [3.63, 3.8) is 0 Å². The predicted octanol–water partition coefficient (Wildman–Crippen LogP) is 4.62. The minimum absolute atomic E-state index is 0.153. The fraction of sp³-hybridized carbons (Fsp3) is 0.0500. The maximum atomic E-state index is 12.9. The largest absolute Gasteiger partial charge is 0.323 e. The van der Waals surface area contributed by atoms with Gasteiger partial charge in [-0.2, -0.15) is 0 Å². The molecule has 0 fully saturated rings. The Morgan fingerprint density at radius 1 is 1.11 bits per heavy atom. The Hall–Kier alpha value is -3.32. The van der Waals surface area contributed by atoms with Gasteiger partial charge in [0.2, 0.25) is 11.8 Å². The molecule has 0 spiro atoms. The van der Waals surface area contributed by atoms with Crippen molar-refractivity contribution in [2.75, 3.05) is 10.2 Å². The summed E-state index contributed by atoms with van der Waals surface area (Å²) in [7, 11) is 0. The zero-order valence-corrected chi connectivity index (χ0v) is 15.2. The molecule has 0 radical (unpaired) electrons. The van der Waals surface area contributed by atoms with E-state index in [2.05, 4.69) is 10.3 Å². The fourth-order valence-corrected chi connectivity index (χ4v) is 3.19. The van der Waals surface area contributed by atoms with Gasteiger partial charge in [-0.1, -0.05) is 18.2 Å². The summed E-state index contributed by atoms with van der Waals surface area (Å²) in [5.74, 6) is -0.880. The molecule has 0 saturated carbocycles. The molecule has 0 bridgehead atoms. The van der Waals surface area contributed by atoms with Crippen LogP contribution in [-0.4, -0.2) is 16.8 Å². The number of para-hydroxylation sites is 1. The second kappa shape index (κ2) is 8.37. The van der Waals surface area contributed by atoms with Crippen LogP contribution in [0.25, 0.3) is 6.08 Å². The molecular weight excluding hydrogens is 365 g/mol. The lowest BCUT2D eigenvalue weighted by molar-refractivity contribution is -0.116. The van der Waals surface area contributed by atoms with Gasteiger partial charge in [-0.05, 0) is 42.5 Å². The van der Waals surface area contributed by atoms with Crippen molar-refractivity contribution in [2.45, 2.75) is 6.92 Å². The van der Waals surface area contributed by atoms with Gasteiger partial charge in [-0.3, -0.25) is 14.5 Å². The number of nitrogens with zero attached hydrogens (tertiary/aromatic N) is 2. The molecule has 136 valence electrons. The van der Waals surface area contributed by atoms with Crippen molar-refractivity contribution in [1.82, 2.24) is 4.98 Å². The Morgan fingerprint density at radius 3 is 2.48 bits per heavy atom. The van der Waals surface area contributed by atoms with Gasteiger partial charge in [0.15, 0.2) is 5.13 Å². The molecule has 3 aromatic rings. The molecule has 27 heavy (non-hydrogen) atoms. The van der Waals surface area contributed by atoms with Gasteiger partial charge >= 0.3 is 0 Å². The maximum Gasteiger partial charge on any atom is 0.248 e. The molecule has 1 heterocycles. The molecule has 0 aliphatic carbocycles. The molecule has 1 aromatic heterocycles. The third-order valence-corrected chi connectivity index (χ3v) is 4.39. The van der Waals surface area contributed by atoms with Crippen molar-refractivity contribution in [1.29, 1.82) is 0 Å². The summed E-state index contributed by atoms with van der Waals surface area (Å²) in [6, 6.07) is 14.7. The highest BCUT2D eigenvalue weighted by atomic mass is 32.1. The molecule has 0 atom stereocenters. The number of nitrogens with one attached hydrogen (secondary N) is 1. The van der Waals surface area contributed by atoms with Crippen molar-refractivity contribution >= 4 is 45.7 Å². The van der Waals surface area contributed by atoms with Crippen molar-refractivity contribution in [2.24, 2.45) is 0 Å². The number of thiazole rings is 1. The van der Waals surface area contributed by atoms with Gasteiger partial charge in [0, 0.05) is 24.1 Å². The Morgan fingerprint density at radius 2 is 1.81 bits per heavy atom. The number of halogens is 1. The van der Waals surface area contributed by atoms with Gasteiger partial charge in [0.1, 0.15) is 5.82 Å². The van der Waals surface area contributed by atoms with E-state index in [1.54, 1.807) is 11.5 Å². The lowest BCUT2D eigenvalue weighted by Gasteiger charge is -2.17. The van der Waals surface area contributed by atoms with E-state index in [1.165, 1.54) is 53.5 Å². The number of amides is 2. The second-order valence-electron chi connectivity index (χ2n) is 5.57. The fourth-order valence-electron chi connectivity index (χ4n) is 2.34. The molecule has 2 amide bonds. The Kier molecular flexibility index (Phi) is 5.73. The highest BCUT2D eigenvalue weighted by Gasteiger charge is 2.17. The summed E-state index contributed by atoms with van der Waals surface area (Å²) >= 11 is 1.31. The van der Waals surface area contributed by atoms with Gasteiger partial charge < -0.3 is 5.32 Å². The molecule has 1 N–H and O–H groups in total. The first-order valence-electron chi connectivity index (χ1n) is 8.09. The maximum absolute atomic E-state index is 12.9. The van der Waals surface area contributed by atoms with Crippen LogP contribution in [0.1, 0.15) is 12.6 Å². The molecule has 3 rings (SSSR count). The number of anilines is 3. The van der Waals surface area contributed by atoms with E-state index < -0.39 is 0 Å². The third-order valence-electron chi connectivity index (χ3n) is 3.55. The number of benzene rings is 2. The minimum atomic E-state index is -0.369. The quantitative estimate of drug-likeness (QED) is 0.656. The predicted molar refractivity (Wildman–Crippen MR) is 105 cm³/mol. The average Bonchev–Trinajstić information content (AvgIpc) is 3.11. The molecule has 7 heteroatoms. The summed E-state index contributed by atoms with van der Waals surface area (Å²) in [6.07, 6.45) is 2.89. The molecule has 0 unspecified atom stereocenters. The molecule has 0 aliphatic rings. The van der Waals surface area contributed by atoms with Crippen LogP contribution in [0, 0.1) is 5.82 Å². The standard InChI is InChI=1S/C20H16FN3O2S/c1-14(25)24(18-5-3-2-4-6-18)20-23-17(13-27-20)11-12-19(26)22-16-9-7-15(21)8-10-16/h2-13H,1H3,(H,22,26). The van der Waals surface area contributed by atoms with E-state index in [1.807, 2.05) is 30.3 Å². The number of aromatic nitrogens is 1. The Bertz CT molecular complexity index is 968. The number of rotatable bonds is 5. The Balaban J connectivity index is 1.71. The van der Waals surface area contributed by atoms with Crippen LogP contribution < -0.4 is 10.2 Å². The first-order chi connectivity index (χ1) is 13.0. The Labute approximate surface area is 159 Å². The molecule has 5 nitrogen and oxygen atoms in total. The van der Waals surface area contributed by atoms with E-state index in [0.717, 1.165) is 5.69 Å². The SMILES string of the molecule is CC(=O)N(c1ccccc1)c1nc(C=CC(=O)Nc2ccc(F)cc2)cs1. The van der Waals surface area contributed by atoms with Crippen molar-refractivity contribution in [3.8, 4) is 0 Å². The molecule has 0 saturated heterocycles. The lowest BCUT2D eigenvalue weighted by Crippen LogP contribution is -2.22. The van der Waals surface area contributed by atoms with Crippen LogP contribution >= 0.6 is 11.3 Å². The summed E-state index contributed by atoms with van der Waals surface area (Å²) < 4.78 is 12.9. The topological polar surface area (TPSA) is 62.3 Å². The summed E-state index contributed by atoms with van der Waals surface area (Å²) in [4.78, 5) is 29.9. The van der Waals surface area contributed by atoms with E-state index in [-0.39, 0.29) is 17.6 Å². The molecule has 0 aliphatic heterocycles. The smallest absolute Gasteiger partial charge is 0.248 e. The molecule has 2 aromatic carbocycles. The third kappa shape index (κ3) is 4.86. The summed E-state index contributed by atoms with van der Waals surface area (Å²) in [5, 5.41) is 4.91. The van der Waals surface area contributed by atoms with E-state index in [0.29, 0.717) is 16.5 Å². The second-order valence-corrected chi connectivity index (χ2v) is 6.41. The van der Waals surface area contributed by atoms with Gasteiger partial charge in [-0.25, -0.2) is 9.37 Å². The first kappa shape index (κ1) is 18.5. The number of hydrogen-bond donors (Lipinski definition) is 1. The zero-order valence-electron chi connectivity index (χ0n) is 14.4. The minimum Gasteiger partial charge on any atom is -0.323 e. The zero-order chi connectivity index (χ0) is 19.2. The monoisotopic (exact) mass is 381 g/mol. The number of hydrogen-bond acceptors (Lipinski definition) is 4. The van der Waals surface area contributed by atoms with Crippen LogP contribution in [0.5, 0.6) is 0 Å². The highest BCUT2D eigenvalue weighted by Crippen LogP contribution is 2.29. The summed E-state index contributed by atoms with van der Waals surface area (Å²) in [5.41, 5.74) is 1.78. The lowest BCUT2D eigenvalue weighted by atomic mass is 10.3. The van der Waals surface area contributed by atoms with Crippen LogP contribution in [0.3, 0.4) is 0 Å². The molecular formula is C20H16FN3O2S. The first-order valence-corrected chi connectivity index (χ1v) is 8.97. The highest BCUT2D eigenvalue weighted by molar-refractivity contribution is 7.14. The van der Waals surface area contributed by atoms with E-state index in [4.69, 9.17) is 0 Å². The number of carbonyl (C=O) groups is 2. The van der Waals surface area contributed by atoms with Crippen LogP contribution in [0.4, 0.5) is 20.9 Å². The van der Waals surface area contributed by atoms with Gasteiger partial charge in [0.05, 0.1) is 11.4 Å². The van der Waals surface area contributed by atoms with Crippen molar-refractivity contribution < 1.29 is 14.0 Å². The van der Waals surface area contributed by atoms with E-state index in [9.17, 15) is 14.0 Å². The van der Waals surface area contributed by atoms with Crippen LogP contribution in [-0.2, 0) is 9.59 Å². The average molecular weight is 381 g/mol. The van der Waals surface area contributed by atoms with E-state index >= 15 is 0 Å². The van der Waals surface area contributed by atoms with Gasteiger partial charge in [-0.15, -0.1) is 11.3 Å². The van der Waals surface area contributed by atoms with Crippen LogP contribution in [0.15, 0.2) is 66.1 Å². The van der Waals surface area contributed by atoms with Crippen LogP contribution in [0.2, 0.25) is 0 Å². The van der Waals surface area contributed by atoms with Gasteiger partial charge in [0.25, 0.3) is 0 Å². The number of carbonyl (C=O) groups excluding carboxylic acids is 2. The van der Waals surface area contributed by atoms with Crippen molar-refractivity contribution in [3.05, 3.63) is 77.6 Å². The normalized spacial score (nSPS) is 10.7. The summed E-state index contributed by atoms with van der Waals surface area (Å²) in [6.45, 7) is 1.47.